The van der Waals surface area contributed by atoms with Crippen molar-refractivity contribution in [3.8, 4) is 5.75 Å². The summed E-state index contributed by atoms with van der Waals surface area (Å²) >= 11 is 0. The average Bonchev–Trinajstić information content (AvgIpc) is 2.59. The van der Waals surface area contributed by atoms with Gasteiger partial charge in [-0.2, -0.15) is 5.06 Å². The summed E-state index contributed by atoms with van der Waals surface area (Å²) in [6.45, 7) is 1.41. The molecule has 0 unspecified atom stereocenters. The molecule has 1 aliphatic rings. The number of aromatic hydroxyl groups is 1. The number of amidine groups is 1. The van der Waals surface area contributed by atoms with Crippen molar-refractivity contribution in [2.24, 2.45) is 4.99 Å². The van der Waals surface area contributed by atoms with Crippen LogP contribution in [0.1, 0.15) is 12.5 Å². The first-order valence-corrected chi connectivity index (χ1v) is 5.31. The fourth-order valence-electron chi connectivity index (χ4n) is 1.65. The second-order valence-electron chi connectivity index (χ2n) is 3.92. The Morgan fingerprint density at radius 3 is 2.63 bits per heavy atom. The number of phenolic OH excluding ortho intramolecular Hbond substituents is 1. The van der Waals surface area contributed by atoms with Gasteiger partial charge in [0.15, 0.2) is 0 Å². The third-order valence-electron chi connectivity index (χ3n) is 2.60. The van der Waals surface area contributed by atoms with E-state index < -0.39 is 18.6 Å². The van der Waals surface area contributed by atoms with E-state index in [0.29, 0.717) is 5.06 Å². The largest absolute Gasteiger partial charge is 0.572 e. The molecule has 98 valence electrons. The number of hydroxylamine groups is 2. The molecule has 0 atom stereocenters. The van der Waals surface area contributed by atoms with Crippen LogP contribution in [0.3, 0.4) is 0 Å². The second-order valence-corrected chi connectivity index (χ2v) is 3.92. The number of hydrogen-bond acceptors (Lipinski definition) is 4. The van der Waals surface area contributed by atoms with Gasteiger partial charge in [-0.25, -0.2) is 4.99 Å². The monoisotopic (exact) mass is 266 g/mol. The van der Waals surface area contributed by atoms with Gasteiger partial charge < -0.3 is 5.11 Å². The fraction of sp³-hybridized carbons (Fsp3) is 0.0909. The number of hydrogen-bond donors (Lipinski definition) is 2. The maximum absolute atomic E-state index is 12.8. The van der Waals surface area contributed by atoms with Crippen LogP contribution in [0.5, 0.6) is 5.75 Å². The molecule has 0 aliphatic carbocycles. The molecule has 0 saturated heterocycles. The van der Waals surface area contributed by atoms with Crippen LogP contribution in [0, 0.1) is 0 Å². The third kappa shape index (κ3) is 2.48. The molecule has 0 fully saturated rings. The lowest BCUT2D eigenvalue weighted by Gasteiger charge is -2.05. The summed E-state index contributed by atoms with van der Waals surface area (Å²) in [6.07, 6.45) is 1.14. The molecule has 0 spiro atoms. The highest BCUT2D eigenvalue weighted by Crippen LogP contribution is 2.18. The standard InChI is InChI=1S/C11H9BF2N2O3/c1-6-15-10(11(18)16(6)19)4-7-2-3-8(17)5-9(7)12(13)14/h2-5,17,19H,1H3/b10-4+. The lowest BCUT2D eigenvalue weighted by molar-refractivity contribution is -0.142. The average molecular weight is 266 g/mol. The van der Waals surface area contributed by atoms with Crippen LogP contribution in [0.25, 0.3) is 6.08 Å². The number of halogens is 2. The molecule has 1 amide bonds. The maximum atomic E-state index is 12.8. The Bertz CT molecular complexity index is 602. The number of carbonyl (C=O) groups is 1. The Balaban J connectivity index is 2.47. The molecule has 19 heavy (non-hydrogen) atoms. The van der Waals surface area contributed by atoms with Gasteiger partial charge >= 0.3 is 13.2 Å². The van der Waals surface area contributed by atoms with Crippen LogP contribution >= 0.6 is 0 Å². The first kappa shape index (κ1) is 13.2. The van der Waals surface area contributed by atoms with Gasteiger partial charge in [-0.05, 0) is 30.7 Å². The SMILES string of the molecule is CC1=N/C(=C/c2ccc(O)cc2B(F)F)C(=O)N1O. The van der Waals surface area contributed by atoms with Gasteiger partial charge in [0.1, 0.15) is 17.3 Å². The van der Waals surface area contributed by atoms with Gasteiger partial charge in [0.05, 0.1) is 0 Å². The minimum absolute atomic E-state index is 0.0583. The molecule has 5 nitrogen and oxygen atoms in total. The second kappa shape index (κ2) is 4.81. The normalized spacial score (nSPS) is 17.1. The molecule has 2 rings (SSSR count). The van der Waals surface area contributed by atoms with Crippen molar-refractivity contribution in [2.75, 3.05) is 0 Å². The van der Waals surface area contributed by atoms with E-state index >= 15 is 0 Å². The molecule has 0 aromatic heterocycles. The molecular formula is C11H9BF2N2O3. The third-order valence-corrected chi connectivity index (χ3v) is 2.60. The van der Waals surface area contributed by atoms with Gasteiger partial charge in [0.2, 0.25) is 0 Å². The molecule has 1 heterocycles. The molecule has 1 aromatic rings. The van der Waals surface area contributed by atoms with E-state index in [4.69, 9.17) is 0 Å². The van der Waals surface area contributed by atoms with E-state index in [1.807, 2.05) is 0 Å². The number of aliphatic imine (C=N–C) groups is 1. The molecule has 0 radical (unpaired) electrons. The summed E-state index contributed by atoms with van der Waals surface area (Å²) in [6, 6.07) is 3.40. The minimum Gasteiger partial charge on any atom is -0.508 e. The smallest absolute Gasteiger partial charge is 0.508 e. The van der Waals surface area contributed by atoms with E-state index in [9.17, 15) is 23.7 Å². The first-order chi connectivity index (χ1) is 8.90. The zero-order chi connectivity index (χ0) is 14.2. The highest BCUT2D eigenvalue weighted by Gasteiger charge is 2.27. The van der Waals surface area contributed by atoms with Crippen LogP contribution in [0.15, 0.2) is 28.9 Å². The Kier molecular flexibility index (Phi) is 3.35. The predicted octanol–water partition coefficient (Wildman–Crippen LogP) is 1.02. The lowest BCUT2D eigenvalue weighted by Crippen LogP contribution is -2.26. The molecule has 2 N–H and O–H groups in total. The summed E-state index contributed by atoms with van der Waals surface area (Å²) in [5.74, 6) is -1.02. The van der Waals surface area contributed by atoms with Crippen molar-refractivity contribution in [1.29, 1.82) is 0 Å². The Labute approximate surface area is 107 Å². The summed E-state index contributed by atoms with van der Waals surface area (Å²) in [5, 5.41) is 18.8. The van der Waals surface area contributed by atoms with Crippen LogP contribution in [-0.4, -0.2) is 34.4 Å². The lowest BCUT2D eigenvalue weighted by atomic mass is 9.81. The van der Waals surface area contributed by atoms with Gasteiger partial charge in [0.25, 0.3) is 0 Å². The Morgan fingerprint density at radius 1 is 1.42 bits per heavy atom. The van der Waals surface area contributed by atoms with Gasteiger partial charge in [-0.1, -0.05) is 6.07 Å². The van der Waals surface area contributed by atoms with Gasteiger partial charge in [-0.15, -0.1) is 0 Å². The van der Waals surface area contributed by atoms with Crippen LogP contribution in [0.2, 0.25) is 0 Å². The highest BCUT2D eigenvalue weighted by atomic mass is 19.2. The fourth-order valence-corrected chi connectivity index (χ4v) is 1.65. The van der Waals surface area contributed by atoms with E-state index in [0.717, 1.165) is 12.1 Å². The maximum Gasteiger partial charge on any atom is 0.572 e. The van der Waals surface area contributed by atoms with Crippen LogP contribution in [-0.2, 0) is 4.79 Å². The highest BCUT2D eigenvalue weighted by molar-refractivity contribution is 6.61. The van der Waals surface area contributed by atoms with Gasteiger partial charge in [0, 0.05) is 5.46 Å². The quantitative estimate of drug-likeness (QED) is 0.476. The van der Waals surface area contributed by atoms with Crippen molar-refractivity contribution in [3.63, 3.8) is 0 Å². The van der Waals surface area contributed by atoms with Gasteiger partial charge in [-0.3, -0.25) is 18.6 Å². The number of carbonyl (C=O) groups excluding carboxylic acids is 1. The molecule has 0 bridgehead atoms. The molecule has 0 saturated carbocycles. The number of rotatable bonds is 2. The van der Waals surface area contributed by atoms with Crippen LogP contribution in [0.4, 0.5) is 8.63 Å². The molecule has 8 heteroatoms. The van der Waals surface area contributed by atoms with Crippen molar-refractivity contribution in [1.82, 2.24) is 5.06 Å². The Morgan fingerprint density at radius 2 is 2.11 bits per heavy atom. The van der Waals surface area contributed by atoms with E-state index in [2.05, 4.69) is 4.99 Å². The summed E-state index contributed by atoms with van der Waals surface area (Å²) < 4.78 is 25.6. The zero-order valence-electron chi connectivity index (χ0n) is 9.84. The number of benzene rings is 1. The Hall–Kier alpha value is -2.22. The number of phenols is 1. The predicted molar refractivity (Wildman–Crippen MR) is 65.4 cm³/mol. The van der Waals surface area contributed by atoms with E-state index in [1.165, 1.54) is 19.1 Å². The molecule has 1 aromatic carbocycles. The van der Waals surface area contributed by atoms with Crippen molar-refractivity contribution in [3.05, 3.63) is 29.5 Å². The minimum atomic E-state index is -2.80. The summed E-state index contributed by atoms with van der Waals surface area (Å²) in [5.41, 5.74) is -0.500. The number of nitrogens with zero attached hydrogens (tertiary/aromatic N) is 2. The van der Waals surface area contributed by atoms with E-state index in [-0.39, 0.29) is 22.8 Å². The van der Waals surface area contributed by atoms with Crippen molar-refractivity contribution in [2.45, 2.75) is 6.92 Å². The van der Waals surface area contributed by atoms with Crippen molar-refractivity contribution >= 4 is 30.5 Å². The van der Waals surface area contributed by atoms with Crippen molar-refractivity contribution < 1.29 is 23.7 Å². The van der Waals surface area contributed by atoms with E-state index in [1.54, 1.807) is 0 Å². The zero-order valence-corrected chi connectivity index (χ0v) is 9.84. The first-order valence-electron chi connectivity index (χ1n) is 5.31. The van der Waals surface area contributed by atoms with Crippen LogP contribution < -0.4 is 5.46 Å². The number of amides is 1. The summed E-state index contributed by atoms with van der Waals surface area (Å²) in [7, 11) is -2.80. The molecular weight excluding hydrogens is 257 g/mol. The molecule has 1 aliphatic heterocycles. The topological polar surface area (TPSA) is 73.1 Å². The summed E-state index contributed by atoms with van der Waals surface area (Å²) in [4.78, 5) is 15.3.